The Balaban J connectivity index is 0.905. The van der Waals surface area contributed by atoms with Crippen molar-refractivity contribution in [2.24, 2.45) is 0 Å². The first-order chi connectivity index (χ1) is 74.2. The Labute approximate surface area is 904 Å². The first-order valence-electron chi connectivity index (χ1n) is 59.2. The van der Waals surface area contributed by atoms with Gasteiger partial charge in [-0.1, -0.05) is 526 Å². The van der Waals surface area contributed by atoms with Crippen LogP contribution >= 0.6 is 0 Å². The topological polar surface area (TPSA) is 0 Å². The zero-order chi connectivity index (χ0) is 104. The van der Waals surface area contributed by atoms with Crippen LogP contribution in [0.25, 0.3) is 152 Å². The summed E-state index contributed by atoms with van der Waals surface area (Å²) in [7, 11) is 0. The van der Waals surface area contributed by atoms with E-state index < -0.39 is 0 Å². The standard InChI is InChI=1S/C150H162/c1-11-21-31-41-51-61-75-125-121-85-71-73-87-123(121)127(77-63-53-43-33-23-13-3)143-105-113(89-97-135(125)143)115-91-99-137-131(81-67-57-47-37-27-17-7)147-109-117(93-101-139(147)129(145(137)107-115)79-65-55-45-35-25-15-5)119-95-103-141-134(84-70-60-50-40-30-20-10)150-112-120(96-104-142(150)133(149(141)111-119)83-69-59-49-39-29-19-9)118-94-102-140-130(80-66-56-46-36-26-16-6)146-108-116(92-100-138(146)132(148(140)110-118)82-68-58-48-38-28-18-8)114-90-98-136-126(76-62-52-42-32-22-12-2)122-86-72-74-88-124(122)128(144(136)106-114)78-64-54-44-34-24-14-4/h71-74,85-112H,11-60H2,1-10H3. The van der Waals surface area contributed by atoms with Crippen LogP contribution in [0.2, 0.25) is 0 Å². The van der Waals surface area contributed by atoms with Gasteiger partial charge < -0.3 is 0 Å². The van der Waals surface area contributed by atoms with Crippen LogP contribution < -0.4 is 0 Å². The predicted molar refractivity (Wildman–Crippen MR) is 660 cm³/mol. The van der Waals surface area contributed by atoms with E-state index in [0.717, 1.165) is 328 Å². The molecule has 0 unspecified atom stereocenters. The molecule has 0 aliphatic rings. The molecule has 762 valence electrons. The van der Waals surface area contributed by atoms with E-state index in [0.29, 0.717) is 0 Å². The molecule has 0 heterocycles. The number of fused-ring (bicyclic) bond motifs is 10. The molecule has 0 amide bonds. The summed E-state index contributed by atoms with van der Waals surface area (Å²) in [6.07, 6.45) is 55.3. The van der Waals surface area contributed by atoms with Gasteiger partial charge in [0.25, 0.3) is 0 Å². The number of hydrogen-bond acceptors (Lipinski definition) is 0. The van der Waals surface area contributed by atoms with Crippen molar-refractivity contribution in [3.05, 3.63) is 250 Å². The van der Waals surface area contributed by atoms with Crippen molar-refractivity contribution in [2.75, 3.05) is 0 Å². The summed E-state index contributed by atoms with van der Waals surface area (Å²) in [4.78, 5) is 0. The van der Waals surface area contributed by atoms with Gasteiger partial charge in [-0.3, -0.25) is 0 Å². The van der Waals surface area contributed by atoms with E-state index in [1.54, 1.807) is 0 Å². The highest BCUT2D eigenvalue weighted by atomic mass is 14.3. The highest BCUT2D eigenvalue weighted by molar-refractivity contribution is 6.18. The Morgan fingerprint density at radius 2 is 0.220 bits per heavy atom. The largest absolute Gasteiger partial charge is 0.0978 e. The van der Waals surface area contributed by atoms with Crippen molar-refractivity contribution in [2.45, 2.75) is 390 Å². The third-order valence-corrected chi connectivity index (χ3v) is 30.4. The van der Waals surface area contributed by atoms with Crippen molar-refractivity contribution in [3.8, 4) is 163 Å². The average molecular weight is 1960 g/mol. The summed E-state index contributed by atoms with van der Waals surface area (Å²) in [6.45, 7) is 22.9. The Bertz CT molecular complexity index is 7480. The minimum atomic E-state index is 0.826. The molecule has 0 bridgehead atoms. The second-order valence-corrected chi connectivity index (χ2v) is 42.0. The highest BCUT2D eigenvalue weighted by Crippen LogP contribution is 2.46. The molecule has 0 fully saturated rings. The van der Waals surface area contributed by atoms with Gasteiger partial charge in [0.15, 0.2) is 0 Å². The quantitative estimate of drug-likeness (QED) is 0.0203. The molecule has 0 aliphatic heterocycles. The monoisotopic (exact) mass is 1960 g/mol. The van der Waals surface area contributed by atoms with Crippen molar-refractivity contribution in [1.29, 1.82) is 0 Å². The van der Waals surface area contributed by atoms with Crippen molar-refractivity contribution in [3.63, 3.8) is 0 Å². The lowest BCUT2D eigenvalue weighted by Crippen LogP contribution is -1.95. The van der Waals surface area contributed by atoms with E-state index in [4.69, 9.17) is 0 Å². The second kappa shape index (κ2) is 59.8. The summed E-state index contributed by atoms with van der Waals surface area (Å²) >= 11 is 0. The normalized spacial score (nSPS) is 11.0. The Morgan fingerprint density at radius 3 is 0.333 bits per heavy atom. The maximum atomic E-state index is 3.97. The van der Waals surface area contributed by atoms with Crippen LogP contribution in [-0.4, -0.2) is 0 Å². The Morgan fingerprint density at radius 1 is 0.113 bits per heavy atom. The van der Waals surface area contributed by atoms with E-state index in [9.17, 15) is 0 Å². The molecule has 15 aromatic rings. The number of rotatable bonds is 44. The van der Waals surface area contributed by atoms with E-state index in [1.165, 1.54) is 201 Å². The SMILES string of the molecule is CCCCCCC#Cc1c2ccccc2c(C#CCCCCCC)c2cc(-c3ccc4c(C#CCCCCCC)c5cc(-c6ccc7c(C#CCCCCCC)c8cc(-c9ccc%10c(C#CCCCCCC)c%11cc(-c%12ccc%13c(C#CCCCCCC)c%14ccccc%14c(C#CCCCCCC)c%13c%12)ccc%11c(C#CCCCCCC)c%10c9)ccc8c(C#CCCCCCC)c7c6)ccc5c(C#CCCCCCC)c4c3)ccc12. The van der Waals surface area contributed by atoms with Crippen molar-refractivity contribution >= 4 is 108 Å². The zero-order valence-electron chi connectivity index (χ0n) is 92.8. The van der Waals surface area contributed by atoms with Crippen LogP contribution in [0.1, 0.15) is 446 Å². The van der Waals surface area contributed by atoms with Crippen LogP contribution in [0.15, 0.2) is 194 Å². The summed E-state index contributed by atoms with van der Waals surface area (Å²) < 4.78 is 0. The maximum absolute atomic E-state index is 3.97. The third-order valence-electron chi connectivity index (χ3n) is 30.4. The molecule has 0 saturated carbocycles. The summed E-state index contributed by atoms with van der Waals surface area (Å²) in [5.41, 5.74) is 19.8. The molecule has 0 atom stereocenters. The molecule has 15 aromatic carbocycles. The molecular formula is C150H162. The van der Waals surface area contributed by atoms with Gasteiger partial charge in [-0.05, 0) is 265 Å². The van der Waals surface area contributed by atoms with E-state index in [1.807, 2.05) is 0 Å². The summed E-state index contributed by atoms with van der Waals surface area (Å²) in [6, 6.07) is 75.0. The lowest BCUT2D eigenvalue weighted by atomic mass is 9.86. The van der Waals surface area contributed by atoms with E-state index in [-0.39, 0.29) is 0 Å². The Hall–Kier alpha value is -13.5. The van der Waals surface area contributed by atoms with Gasteiger partial charge >= 0.3 is 0 Å². The van der Waals surface area contributed by atoms with Gasteiger partial charge in [-0.2, -0.15) is 0 Å². The second-order valence-electron chi connectivity index (χ2n) is 42.0. The lowest BCUT2D eigenvalue weighted by Gasteiger charge is -2.17. The predicted octanol–water partition coefficient (Wildman–Crippen LogP) is 43.1. The van der Waals surface area contributed by atoms with Gasteiger partial charge in [0.1, 0.15) is 0 Å². The minimum absolute atomic E-state index is 0.826. The summed E-state index contributed by atoms with van der Waals surface area (Å²) in [5.74, 6) is 76.5. The van der Waals surface area contributed by atoms with Crippen LogP contribution in [0.3, 0.4) is 0 Å². The molecule has 0 N–H and O–H groups in total. The van der Waals surface area contributed by atoms with Crippen LogP contribution in [0.5, 0.6) is 0 Å². The fourth-order valence-corrected chi connectivity index (χ4v) is 21.7. The number of benzene rings is 15. The van der Waals surface area contributed by atoms with Gasteiger partial charge in [-0.15, -0.1) is 0 Å². The first kappa shape index (κ1) is 111. The fraction of sp³-hybridized carbons (Fsp3) is 0.400. The van der Waals surface area contributed by atoms with E-state index >= 15 is 0 Å². The van der Waals surface area contributed by atoms with E-state index in [2.05, 4.69) is 382 Å². The van der Waals surface area contributed by atoms with Crippen LogP contribution in [-0.2, 0) is 0 Å². The van der Waals surface area contributed by atoms with Gasteiger partial charge in [0.2, 0.25) is 0 Å². The average Bonchev–Trinajstić information content (AvgIpc) is 0.744. The minimum Gasteiger partial charge on any atom is -0.0978 e. The molecule has 0 heteroatoms. The number of unbranched alkanes of at least 4 members (excludes halogenated alkanes) is 40. The Kier molecular flexibility index (Phi) is 44.1. The zero-order valence-corrected chi connectivity index (χ0v) is 92.8. The molecule has 0 saturated heterocycles. The highest BCUT2D eigenvalue weighted by Gasteiger charge is 2.24. The molecule has 15 rings (SSSR count). The van der Waals surface area contributed by atoms with Crippen LogP contribution in [0, 0.1) is 118 Å². The maximum Gasteiger partial charge on any atom is 0.0403 e. The van der Waals surface area contributed by atoms with Gasteiger partial charge in [0.05, 0.1) is 0 Å². The van der Waals surface area contributed by atoms with Crippen molar-refractivity contribution in [1.82, 2.24) is 0 Å². The third kappa shape index (κ3) is 28.8. The van der Waals surface area contributed by atoms with Crippen molar-refractivity contribution < 1.29 is 0 Å². The molecule has 0 radical (unpaired) electrons. The molecular weight excluding hydrogens is 1800 g/mol. The van der Waals surface area contributed by atoms with Crippen LogP contribution in [0.4, 0.5) is 0 Å². The summed E-state index contributed by atoms with van der Waals surface area (Å²) in [5, 5.41) is 22.9. The number of hydrogen-bond donors (Lipinski definition) is 0. The molecule has 0 nitrogen and oxygen atoms in total. The fourth-order valence-electron chi connectivity index (χ4n) is 21.7. The molecule has 150 heavy (non-hydrogen) atoms. The smallest absolute Gasteiger partial charge is 0.0403 e. The molecule has 0 aliphatic carbocycles. The lowest BCUT2D eigenvalue weighted by molar-refractivity contribution is 0.679. The first-order valence-corrected chi connectivity index (χ1v) is 59.2. The molecule has 0 spiro atoms. The molecule has 0 aromatic heterocycles. The van der Waals surface area contributed by atoms with Gasteiger partial charge in [0, 0.05) is 120 Å². The van der Waals surface area contributed by atoms with Gasteiger partial charge in [-0.25, -0.2) is 0 Å².